The molecule has 0 saturated heterocycles. The molecule has 6 nitrogen and oxygen atoms in total. The molecule has 0 amide bonds. The highest BCUT2D eigenvalue weighted by atomic mass is 16.5. The molecule has 1 heterocycles. The van der Waals surface area contributed by atoms with Gasteiger partial charge in [-0.2, -0.15) is 0 Å². The Balaban J connectivity index is 2.52. The van der Waals surface area contributed by atoms with Crippen LogP contribution in [0.3, 0.4) is 0 Å². The van der Waals surface area contributed by atoms with Crippen LogP contribution in [-0.4, -0.2) is 26.2 Å². The van der Waals surface area contributed by atoms with Gasteiger partial charge in [0.2, 0.25) is 0 Å². The van der Waals surface area contributed by atoms with E-state index in [1.165, 1.54) is 26.6 Å². The molecule has 1 aromatic heterocycles. The van der Waals surface area contributed by atoms with Gasteiger partial charge in [-0.3, -0.25) is 9.59 Å². The highest BCUT2D eigenvalue weighted by Crippen LogP contribution is 2.14. The molecule has 0 saturated carbocycles. The lowest BCUT2D eigenvalue weighted by Gasteiger charge is -2.04. The Morgan fingerprint density at radius 3 is 2.59 bits per heavy atom. The Morgan fingerprint density at radius 2 is 1.91 bits per heavy atom. The molecule has 1 aromatic carbocycles. The van der Waals surface area contributed by atoms with Crippen LogP contribution in [0, 0.1) is 0 Å². The smallest absolute Gasteiger partial charge is 0.334 e. The Morgan fingerprint density at radius 1 is 1.18 bits per heavy atom. The summed E-state index contributed by atoms with van der Waals surface area (Å²) in [6.07, 6.45) is 2.22. The van der Waals surface area contributed by atoms with Crippen LogP contribution in [0.25, 0.3) is 17.0 Å². The fourth-order valence-corrected chi connectivity index (χ4v) is 1.92. The standard InChI is InChI=1S/C16H14O6/c1-20-14(17)8-10(16(19)21-2)7-11-9-22-13-6-4-3-5-12(13)15(11)18/h3-7,9H,8H2,1-2H3/b10-7+. The SMILES string of the molecule is COC(=O)C/C(=C\c1coc2ccccc2c1=O)C(=O)OC. The zero-order valence-corrected chi connectivity index (χ0v) is 12.1. The van der Waals surface area contributed by atoms with Gasteiger partial charge in [0.05, 0.1) is 31.6 Å². The van der Waals surface area contributed by atoms with Gasteiger partial charge in [0.1, 0.15) is 11.8 Å². The molecular weight excluding hydrogens is 288 g/mol. The number of hydrogen-bond donors (Lipinski definition) is 0. The van der Waals surface area contributed by atoms with E-state index >= 15 is 0 Å². The van der Waals surface area contributed by atoms with E-state index in [2.05, 4.69) is 9.47 Å². The predicted octanol–water partition coefficient (Wildman–Crippen LogP) is 1.91. The second-order valence-electron chi connectivity index (χ2n) is 4.43. The molecule has 114 valence electrons. The molecule has 0 radical (unpaired) electrons. The molecule has 6 heteroatoms. The van der Waals surface area contributed by atoms with E-state index in [4.69, 9.17) is 4.42 Å². The number of ether oxygens (including phenoxy) is 2. The fraction of sp³-hybridized carbons (Fsp3) is 0.188. The summed E-state index contributed by atoms with van der Waals surface area (Å²) in [5.41, 5.74) is 0.310. The molecule has 22 heavy (non-hydrogen) atoms. The summed E-state index contributed by atoms with van der Waals surface area (Å²) in [5, 5.41) is 0.388. The molecule has 0 spiro atoms. The maximum atomic E-state index is 12.4. The van der Waals surface area contributed by atoms with E-state index in [-0.39, 0.29) is 23.0 Å². The number of carbonyl (C=O) groups excluding carboxylic acids is 2. The minimum absolute atomic E-state index is 0.0110. The van der Waals surface area contributed by atoms with Crippen molar-refractivity contribution in [3.8, 4) is 0 Å². The lowest BCUT2D eigenvalue weighted by molar-refractivity contribution is -0.143. The van der Waals surface area contributed by atoms with Gasteiger partial charge in [-0.05, 0) is 18.2 Å². The van der Waals surface area contributed by atoms with Gasteiger partial charge in [0, 0.05) is 5.57 Å². The number of para-hydroxylation sites is 1. The van der Waals surface area contributed by atoms with Crippen molar-refractivity contribution in [1.29, 1.82) is 0 Å². The summed E-state index contributed by atoms with van der Waals surface area (Å²) in [7, 11) is 2.40. The van der Waals surface area contributed by atoms with Crippen LogP contribution in [0.1, 0.15) is 12.0 Å². The Kier molecular flexibility index (Phi) is 4.73. The van der Waals surface area contributed by atoms with Crippen molar-refractivity contribution in [1.82, 2.24) is 0 Å². The molecular formula is C16H14O6. The average molecular weight is 302 g/mol. The van der Waals surface area contributed by atoms with Gasteiger partial charge < -0.3 is 13.9 Å². The highest BCUT2D eigenvalue weighted by Gasteiger charge is 2.16. The summed E-state index contributed by atoms with van der Waals surface area (Å²) in [6.45, 7) is 0. The fourth-order valence-electron chi connectivity index (χ4n) is 1.92. The lowest BCUT2D eigenvalue weighted by atomic mass is 10.1. The van der Waals surface area contributed by atoms with Crippen molar-refractivity contribution in [2.45, 2.75) is 6.42 Å². The second kappa shape index (κ2) is 6.71. The number of fused-ring (bicyclic) bond motifs is 1. The summed E-state index contributed by atoms with van der Waals surface area (Å²) >= 11 is 0. The maximum absolute atomic E-state index is 12.4. The first-order valence-electron chi connectivity index (χ1n) is 6.43. The maximum Gasteiger partial charge on any atom is 0.334 e. The predicted molar refractivity (Wildman–Crippen MR) is 79.1 cm³/mol. The Bertz CT molecular complexity index is 800. The van der Waals surface area contributed by atoms with Crippen molar-refractivity contribution >= 4 is 29.0 Å². The van der Waals surface area contributed by atoms with Crippen molar-refractivity contribution in [3.05, 3.63) is 51.9 Å². The van der Waals surface area contributed by atoms with Gasteiger partial charge in [0.15, 0.2) is 5.43 Å². The first-order chi connectivity index (χ1) is 10.6. The van der Waals surface area contributed by atoms with Crippen LogP contribution in [0.2, 0.25) is 0 Å². The zero-order valence-electron chi connectivity index (χ0n) is 12.1. The van der Waals surface area contributed by atoms with Gasteiger partial charge in [-0.15, -0.1) is 0 Å². The van der Waals surface area contributed by atoms with E-state index < -0.39 is 11.9 Å². The van der Waals surface area contributed by atoms with E-state index in [0.717, 1.165) is 0 Å². The topological polar surface area (TPSA) is 82.8 Å². The summed E-state index contributed by atoms with van der Waals surface area (Å²) in [4.78, 5) is 35.4. The largest absolute Gasteiger partial charge is 0.469 e. The van der Waals surface area contributed by atoms with Crippen LogP contribution in [-0.2, 0) is 19.1 Å². The molecule has 0 aliphatic heterocycles. The quantitative estimate of drug-likeness (QED) is 0.634. The van der Waals surface area contributed by atoms with Gasteiger partial charge >= 0.3 is 11.9 Å². The molecule has 2 rings (SSSR count). The molecule has 0 N–H and O–H groups in total. The summed E-state index contributed by atoms with van der Waals surface area (Å²) in [6, 6.07) is 6.75. The van der Waals surface area contributed by atoms with E-state index in [9.17, 15) is 14.4 Å². The normalized spacial score (nSPS) is 11.3. The van der Waals surface area contributed by atoms with Crippen LogP contribution in [0.4, 0.5) is 0 Å². The Labute approximate surface area is 125 Å². The molecule has 0 bridgehead atoms. The number of rotatable bonds is 4. The van der Waals surface area contributed by atoms with Crippen LogP contribution in [0.5, 0.6) is 0 Å². The second-order valence-corrected chi connectivity index (χ2v) is 4.43. The molecule has 0 atom stereocenters. The molecule has 0 aliphatic carbocycles. The number of carbonyl (C=O) groups is 2. The van der Waals surface area contributed by atoms with E-state index in [0.29, 0.717) is 11.0 Å². The first kappa shape index (κ1) is 15.5. The minimum atomic E-state index is -0.710. The third kappa shape index (κ3) is 3.22. The van der Waals surface area contributed by atoms with Gasteiger partial charge in [-0.25, -0.2) is 4.79 Å². The molecule has 0 aliphatic rings. The third-order valence-corrected chi connectivity index (χ3v) is 3.05. The third-order valence-electron chi connectivity index (χ3n) is 3.05. The first-order valence-corrected chi connectivity index (χ1v) is 6.43. The highest BCUT2D eigenvalue weighted by molar-refractivity contribution is 5.98. The monoisotopic (exact) mass is 302 g/mol. The van der Waals surface area contributed by atoms with Crippen molar-refractivity contribution in [2.24, 2.45) is 0 Å². The van der Waals surface area contributed by atoms with Gasteiger partial charge in [-0.1, -0.05) is 12.1 Å². The van der Waals surface area contributed by atoms with Crippen LogP contribution < -0.4 is 5.43 Å². The minimum Gasteiger partial charge on any atom is -0.469 e. The number of benzene rings is 1. The van der Waals surface area contributed by atoms with E-state index in [1.54, 1.807) is 24.3 Å². The Hall–Kier alpha value is -2.89. The molecule has 2 aromatic rings. The summed E-state index contributed by atoms with van der Waals surface area (Å²) < 4.78 is 14.5. The molecule has 0 fully saturated rings. The number of hydrogen-bond acceptors (Lipinski definition) is 6. The number of esters is 2. The molecule has 0 unspecified atom stereocenters. The van der Waals surface area contributed by atoms with Crippen molar-refractivity contribution < 1.29 is 23.5 Å². The van der Waals surface area contributed by atoms with Crippen molar-refractivity contribution in [2.75, 3.05) is 14.2 Å². The zero-order chi connectivity index (χ0) is 16.1. The van der Waals surface area contributed by atoms with Crippen LogP contribution in [0.15, 0.2) is 45.3 Å². The summed E-state index contributed by atoms with van der Waals surface area (Å²) in [5.74, 6) is -1.32. The average Bonchev–Trinajstić information content (AvgIpc) is 2.55. The van der Waals surface area contributed by atoms with Gasteiger partial charge in [0.25, 0.3) is 0 Å². The van der Waals surface area contributed by atoms with Crippen LogP contribution >= 0.6 is 0 Å². The van der Waals surface area contributed by atoms with E-state index in [1.807, 2.05) is 0 Å². The van der Waals surface area contributed by atoms with Crippen molar-refractivity contribution in [3.63, 3.8) is 0 Å². The lowest BCUT2D eigenvalue weighted by Crippen LogP contribution is -2.12. The number of methoxy groups -OCH3 is 2.